The Kier molecular flexibility index (Phi) is 4.24. The molecule has 0 saturated heterocycles. The molecular formula is C16H30N2O. The summed E-state index contributed by atoms with van der Waals surface area (Å²) in [5.74, 6) is 1.10. The van der Waals surface area contributed by atoms with Gasteiger partial charge in [0, 0.05) is 12.5 Å². The molecule has 0 spiro atoms. The van der Waals surface area contributed by atoms with Crippen LogP contribution in [0.25, 0.3) is 0 Å². The van der Waals surface area contributed by atoms with E-state index in [1.54, 1.807) is 0 Å². The van der Waals surface area contributed by atoms with Gasteiger partial charge < -0.3 is 11.1 Å². The van der Waals surface area contributed by atoms with Gasteiger partial charge in [-0.15, -0.1) is 0 Å². The lowest BCUT2D eigenvalue weighted by atomic mass is 9.75. The van der Waals surface area contributed by atoms with E-state index in [0.29, 0.717) is 12.5 Å². The molecule has 0 radical (unpaired) electrons. The first kappa shape index (κ1) is 14.8. The van der Waals surface area contributed by atoms with Crippen LogP contribution in [0.2, 0.25) is 0 Å². The van der Waals surface area contributed by atoms with Gasteiger partial charge in [0.1, 0.15) is 0 Å². The zero-order valence-electron chi connectivity index (χ0n) is 12.8. The van der Waals surface area contributed by atoms with Gasteiger partial charge in [-0.2, -0.15) is 0 Å². The largest absolute Gasteiger partial charge is 0.349 e. The first-order chi connectivity index (χ1) is 8.88. The average Bonchev–Trinajstić information content (AvgIpc) is 2.69. The third-order valence-electron chi connectivity index (χ3n) is 5.44. The van der Waals surface area contributed by atoms with Crippen LogP contribution in [0.15, 0.2) is 0 Å². The summed E-state index contributed by atoms with van der Waals surface area (Å²) in [6.07, 6.45) is 7.93. The van der Waals surface area contributed by atoms with Crippen LogP contribution < -0.4 is 11.1 Å². The van der Waals surface area contributed by atoms with Gasteiger partial charge in [-0.05, 0) is 37.0 Å². The smallest absolute Gasteiger partial charge is 0.224 e. The van der Waals surface area contributed by atoms with Crippen molar-refractivity contribution in [1.82, 2.24) is 5.32 Å². The van der Waals surface area contributed by atoms with Gasteiger partial charge in [0.25, 0.3) is 0 Å². The molecule has 2 aliphatic rings. The normalized spacial score (nSPS) is 38.1. The number of hydrogen-bond donors (Lipinski definition) is 2. The second-order valence-electron chi connectivity index (χ2n) is 7.61. The summed E-state index contributed by atoms with van der Waals surface area (Å²) < 4.78 is 0. The van der Waals surface area contributed by atoms with Crippen molar-refractivity contribution in [2.75, 3.05) is 6.54 Å². The summed E-state index contributed by atoms with van der Waals surface area (Å²) in [5.41, 5.74) is 6.02. The van der Waals surface area contributed by atoms with Gasteiger partial charge in [-0.25, -0.2) is 0 Å². The van der Waals surface area contributed by atoms with Gasteiger partial charge in [-0.3, -0.25) is 4.79 Å². The van der Waals surface area contributed by atoms with Crippen molar-refractivity contribution in [3.8, 4) is 0 Å². The lowest BCUT2D eigenvalue weighted by Crippen LogP contribution is -2.57. The van der Waals surface area contributed by atoms with Gasteiger partial charge in [0.2, 0.25) is 5.91 Å². The van der Waals surface area contributed by atoms with E-state index in [1.165, 1.54) is 19.3 Å². The molecule has 3 N–H and O–H groups in total. The van der Waals surface area contributed by atoms with E-state index in [0.717, 1.165) is 25.7 Å². The van der Waals surface area contributed by atoms with Crippen molar-refractivity contribution in [1.29, 1.82) is 0 Å². The highest BCUT2D eigenvalue weighted by Gasteiger charge is 2.43. The number of rotatable bonds is 3. The van der Waals surface area contributed by atoms with E-state index in [4.69, 9.17) is 5.73 Å². The van der Waals surface area contributed by atoms with Crippen LogP contribution >= 0.6 is 0 Å². The minimum atomic E-state index is -0.132. The van der Waals surface area contributed by atoms with Crippen LogP contribution in [0.3, 0.4) is 0 Å². The van der Waals surface area contributed by atoms with Crippen LogP contribution in [0.1, 0.15) is 65.7 Å². The molecule has 0 aromatic heterocycles. The lowest BCUT2D eigenvalue weighted by molar-refractivity contribution is -0.130. The minimum Gasteiger partial charge on any atom is -0.349 e. The molecule has 3 atom stereocenters. The molecule has 0 aromatic rings. The highest BCUT2D eigenvalue weighted by Crippen LogP contribution is 2.43. The van der Waals surface area contributed by atoms with E-state index in [9.17, 15) is 4.79 Å². The molecular weight excluding hydrogens is 236 g/mol. The zero-order chi connectivity index (χ0) is 14.1. The Bertz CT molecular complexity index is 340. The summed E-state index contributed by atoms with van der Waals surface area (Å²) in [6.45, 7) is 7.30. The first-order valence-electron chi connectivity index (χ1n) is 7.91. The molecule has 0 bridgehead atoms. The molecule has 19 heavy (non-hydrogen) atoms. The standard InChI is InChI=1S/C16H30N2O/c1-12-6-4-9-16(10-12,11-17)18-14(19)13-7-5-8-15(13,2)3/h12-13H,4-11,17H2,1-3H3,(H,18,19). The molecule has 110 valence electrons. The van der Waals surface area contributed by atoms with Gasteiger partial charge >= 0.3 is 0 Å². The number of hydrogen-bond acceptors (Lipinski definition) is 2. The number of carbonyl (C=O) groups is 1. The van der Waals surface area contributed by atoms with Crippen LogP contribution in [0, 0.1) is 17.3 Å². The second-order valence-corrected chi connectivity index (χ2v) is 7.61. The molecule has 0 aromatic carbocycles. The Morgan fingerprint density at radius 1 is 1.26 bits per heavy atom. The zero-order valence-corrected chi connectivity index (χ0v) is 12.8. The summed E-state index contributed by atoms with van der Waals surface area (Å²) in [6, 6.07) is 0. The summed E-state index contributed by atoms with van der Waals surface area (Å²) in [7, 11) is 0. The number of carbonyl (C=O) groups excluding carboxylic acids is 1. The van der Waals surface area contributed by atoms with Crippen molar-refractivity contribution in [3.05, 3.63) is 0 Å². The highest BCUT2D eigenvalue weighted by atomic mass is 16.2. The molecule has 0 heterocycles. The second kappa shape index (κ2) is 5.43. The third kappa shape index (κ3) is 3.13. The van der Waals surface area contributed by atoms with Crippen LogP contribution in [-0.2, 0) is 4.79 Å². The summed E-state index contributed by atoms with van der Waals surface area (Å²) >= 11 is 0. The predicted octanol–water partition coefficient (Wildman–Crippen LogP) is 2.84. The van der Waals surface area contributed by atoms with Gasteiger partial charge in [0.15, 0.2) is 0 Å². The Hall–Kier alpha value is -0.570. The summed E-state index contributed by atoms with van der Waals surface area (Å²) in [4.78, 5) is 12.6. The van der Waals surface area contributed by atoms with Crippen LogP contribution in [0.4, 0.5) is 0 Å². The van der Waals surface area contributed by atoms with E-state index in [-0.39, 0.29) is 22.8 Å². The molecule has 0 aliphatic heterocycles. The number of nitrogens with one attached hydrogen (secondary N) is 1. The average molecular weight is 266 g/mol. The monoisotopic (exact) mass is 266 g/mol. The topological polar surface area (TPSA) is 55.1 Å². The van der Waals surface area contributed by atoms with E-state index < -0.39 is 0 Å². The summed E-state index contributed by atoms with van der Waals surface area (Å²) in [5, 5.41) is 3.35. The van der Waals surface area contributed by atoms with Crippen molar-refractivity contribution in [3.63, 3.8) is 0 Å². The Morgan fingerprint density at radius 3 is 2.47 bits per heavy atom. The fourth-order valence-electron chi connectivity index (χ4n) is 4.17. The molecule has 3 heteroatoms. The first-order valence-corrected chi connectivity index (χ1v) is 7.91. The van der Waals surface area contributed by atoms with E-state index in [2.05, 4.69) is 26.1 Å². The van der Waals surface area contributed by atoms with Crippen molar-refractivity contribution in [2.24, 2.45) is 23.0 Å². The maximum absolute atomic E-state index is 12.6. The maximum atomic E-state index is 12.6. The molecule has 3 unspecified atom stereocenters. The molecule has 3 nitrogen and oxygen atoms in total. The number of nitrogens with two attached hydrogens (primary N) is 1. The fourth-order valence-corrected chi connectivity index (χ4v) is 4.17. The predicted molar refractivity (Wildman–Crippen MR) is 78.7 cm³/mol. The van der Waals surface area contributed by atoms with E-state index in [1.807, 2.05) is 0 Å². The minimum absolute atomic E-state index is 0.132. The molecule has 2 rings (SSSR count). The fraction of sp³-hybridized carbons (Fsp3) is 0.938. The van der Waals surface area contributed by atoms with Crippen molar-refractivity contribution < 1.29 is 4.79 Å². The lowest BCUT2D eigenvalue weighted by Gasteiger charge is -2.41. The van der Waals surface area contributed by atoms with Gasteiger partial charge in [0.05, 0.1) is 5.54 Å². The van der Waals surface area contributed by atoms with Crippen LogP contribution in [0.5, 0.6) is 0 Å². The Balaban J connectivity index is 2.04. The third-order valence-corrected chi connectivity index (χ3v) is 5.44. The molecule has 2 aliphatic carbocycles. The van der Waals surface area contributed by atoms with Crippen LogP contribution in [-0.4, -0.2) is 18.0 Å². The number of amides is 1. The van der Waals surface area contributed by atoms with Crippen molar-refractivity contribution in [2.45, 2.75) is 71.3 Å². The Labute approximate surface area is 117 Å². The molecule has 2 saturated carbocycles. The van der Waals surface area contributed by atoms with E-state index >= 15 is 0 Å². The van der Waals surface area contributed by atoms with Gasteiger partial charge in [-0.1, -0.05) is 40.0 Å². The van der Waals surface area contributed by atoms with Crippen molar-refractivity contribution >= 4 is 5.91 Å². The molecule has 1 amide bonds. The highest BCUT2D eigenvalue weighted by molar-refractivity contribution is 5.80. The quantitative estimate of drug-likeness (QED) is 0.825. The molecule has 2 fully saturated rings. The SMILES string of the molecule is CC1CCCC(CN)(NC(=O)C2CCCC2(C)C)C1. The maximum Gasteiger partial charge on any atom is 0.224 e. The Morgan fingerprint density at radius 2 is 1.95 bits per heavy atom.